The summed E-state index contributed by atoms with van der Waals surface area (Å²) in [6.45, 7) is 5.78. The third kappa shape index (κ3) is 4.89. The van der Waals surface area contributed by atoms with Crippen LogP contribution >= 0.6 is 24.0 Å². The van der Waals surface area contributed by atoms with Gasteiger partial charge in [-0.1, -0.05) is 37.1 Å². The summed E-state index contributed by atoms with van der Waals surface area (Å²) in [5.41, 5.74) is 7.03. The summed E-state index contributed by atoms with van der Waals surface area (Å²) in [6, 6.07) is 12.5. The Labute approximate surface area is 222 Å². The number of aromatic nitrogens is 3. The number of unbranched alkanes of at least 4 members (excludes halogenated alkanes) is 1. The Morgan fingerprint density at radius 3 is 2.61 bits per heavy atom. The van der Waals surface area contributed by atoms with E-state index in [1.54, 1.807) is 7.11 Å². The molecular weight excluding hydrogens is 498 g/mol. The number of hydrogen-bond donors (Lipinski definition) is 0. The molecular formula is C28H31Cl2FN4O. The van der Waals surface area contributed by atoms with Gasteiger partial charge in [0.25, 0.3) is 0 Å². The lowest BCUT2D eigenvalue weighted by atomic mass is 10.1. The van der Waals surface area contributed by atoms with Gasteiger partial charge in [0.05, 0.1) is 23.4 Å². The van der Waals surface area contributed by atoms with Crippen LogP contribution in [0.3, 0.4) is 0 Å². The van der Waals surface area contributed by atoms with Gasteiger partial charge in [0, 0.05) is 29.9 Å². The second-order valence-electron chi connectivity index (χ2n) is 9.16. The quantitative estimate of drug-likeness (QED) is 0.242. The van der Waals surface area contributed by atoms with E-state index in [1.165, 1.54) is 17.7 Å². The summed E-state index contributed by atoms with van der Waals surface area (Å²) < 4.78 is 20.9. The maximum Gasteiger partial charge on any atom is 0.165 e. The number of anilines is 1. The third-order valence-corrected chi connectivity index (χ3v) is 7.06. The van der Waals surface area contributed by atoms with E-state index in [4.69, 9.17) is 26.4 Å². The molecule has 0 N–H and O–H groups in total. The van der Waals surface area contributed by atoms with Crippen molar-refractivity contribution in [2.45, 2.75) is 52.5 Å². The molecule has 0 atom stereocenters. The maximum atomic E-state index is 13.6. The SMILES string of the molecule is CCCCN(Cc1ccc(F)cc1)c1c2c(nc3c(-c4ccc(OC)cc4Cl)c(C)nn13)CCC2.Cl. The van der Waals surface area contributed by atoms with E-state index in [9.17, 15) is 4.39 Å². The van der Waals surface area contributed by atoms with Gasteiger partial charge in [0.2, 0.25) is 0 Å². The van der Waals surface area contributed by atoms with Crippen molar-refractivity contribution in [3.8, 4) is 16.9 Å². The summed E-state index contributed by atoms with van der Waals surface area (Å²) in [4.78, 5) is 7.50. The predicted octanol–water partition coefficient (Wildman–Crippen LogP) is 7.22. The van der Waals surface area contributed by atoms with Crippen LogP contribution in [0.15, 0.2) is 42.5 Å². The summed E-state index contributed by atoms with van der Waals surface area (Å²) in [6.07, 6.45) is 5.16. The van der Waals surface area contributed by atoms with E-state index in [-0.39, 0.29) is 18.2 Å². The first-order valence-corrected chi connectivity index (χ1v) is 12.6. The summed E-state index contributed by atoms with van der Waals surface area (Å²) >= 11 is 6.69. The number of ether oxygens (including phenoxy) is 1. The number of nitrogens with zero attached hydrogens (tertiary/aromatic N) is 4. The summed E-state index contributed by atoms with van der Waals surface area (Å²) in [7, 11) is 1.63. The first-order chi connectivity index (χ1) is 17.0. The molecule has 2 aromatic carbocycles. The molecule has 0 radical (unpaired) electrons. The van der Waals surface area contributed by atoms with Crippen LogP contribution in [0.25, 0.3) is 16.8 Å². The van der Waals surface area contributed by atoms with Gasteiger partial charge in [0.15, 0.2) is 5.65 Å². The average Bonchev–Trinajstić information content (AvgIpc) is 3.45. The molecule has 0 bridgehead atoms. The van der Waals surface area contributed by atoms with Crippen LogP contribution in [-0.4, -0.2) is 28.3 Å². The molecule has 0 fully saturated rings. The standard InChI is InChI=1S/C28H30ClFN4O.ClH/c1-4-5-15-33(17-19-9-11-20(30)12-10-19)28-23-7-6-8-25(23)31-27-26(18(2)32-34(27)28)22-14-13-21(35-3)16-24(22)29;/h9-14,16H,4-8,15,17H2,1-3H3;1H. The van der Waals surface area contributed by atoms with Gasteiger partial charge in [-0.3, -0.25) is 0 Å². The van der Waals surface area contributed by atoms with Gasteiger partial charge < -0.3 is 9.64 Å². The zero-order valence-electron chi connectivity index (χ0n) is 20.9. The third-order valence-electron chi connectivity index (χ3n) is 6.75. The molecule has 1 aliphatic carbocycles. The van der Waals surface area contributed by atoms with Crippen molar-refractivity contribution >= 4 is 35.5 Å². The molecule has 0 aliphatic heterocycles. The Morgan fingerprint density at radius 2 is 1.92 bits per heavy atom. The fraction of sp³-hybridized carbons (Fsp3) is 0.357. The van der Waals surface area contributed by atoms with Crippen molar-refractivity contribution in [3.05, 3.63) is 75.8 Å². The van der Waals surface area contributed by atoms with Crippen LogP contribution in [0.1, 0.15) is 48.7 Å². The van der Waals surface area contributed by atoms with Crippen LogP contribution in [0, 0.1) is 12.7 Å². The first-order valence-electron chi connectivity index (χ1n) is 12.2. The smallest absolute Gasteiger partial charge is 0.165 e. The molecule has 0 unspecified atom stereocenters. The lowest BCUT2D eigenvalue weighted by molar-refractivity contribution is 0.415. The van der Waals surface area contributed by atoms with E-state index in [0.29, 0.717) is 17.3 Å². The second kappa shape index (κ2) is 11.1. The van der Waals surface area contributed by atoms with Gasteiger partial charge in [-0.15, -0.1) is 12.4 Å². The highest BCUT2D eigenvalue weighted by atomic mass is 35.5. The molecule has 2 aromatic heterocycles. The lowest BCUT2D eigenvalue weighted by Crippen LogP contribution is -2.28. The van der Waals surface area contributed by atoms with Crippen LogP contribution in [0.4, 0.5) is 10.2 Å². The molecule has 5 rings (SSSR count). The molecule has 190 valence electrons. The highest BCUT2D eigenvalue weighted by Gasteiger charge is 2.27. The number of methoxy groups -OCH3 is 1. The van der Waals surface area contributed by atoms with Gasteiger partial charge in [-0.25, -0.2) is 9.37 Å². The van der Waals surface area contributed by atoms with Crippen LogP contribution in [-0.2, 0) is 19.4 Å². The number of benzene rings is 2. The normalized spacial score (nSPS) is 12.5. The molecule has 0 spiro atoms. The molecule has 5 nitrogen and oxygen atoms in total. The van der Waals surface area contributed by atoms with E-state index in [0.717, 1.165) is 78.2 Å². The van der Waals surface area contributed by atoms with Crippen LogP contribution in [0.5, 0.6) is 5.75 Å². The minimum absolute atomic E-state index is 0. The first kappa shape index (κ1) is 26.2. The van der Waals surface area contributed by atoms with E-state index in [2.05, 4.69) is 11.8 Å². The van der Waals surface area contributed by atoms with E-state index >= 15 is 0 Å². The summed E-state index contributed by atoms with van der Waals surface area (Å²) in [5.74, 6) is 1.59. The molecule has 36 heavy (non-hydrogen) atoms. The maximum absolute atomic E-state index is 13.6. The molecule has 8 heteroatoms. The number of fused-ring (bicyclic) bond motifs is 2. The monoisotopic (exact) mass is 528 g/mol. The molecule has 4 aromatic rings. The highest BCUT2D eigenvalue weighted by Crippen LogP contribution is 2.39. The molecule has 1 aliphatic rings. The largest absolute Gasteiger partial charge is 0.497 e. The van der Waals surface area contributed by atoms with Crippen LogP contribution in [0.2, 0.25) is 5.02 Å². The van der Waals surface area contributed by atoms with Crippen molar-refractivity contribution in [1.82, 2.24) is 14.6 Å². The van der Waals surface area contributed by atoms with Gasteiger partial charge in [0.1, 0.15) is 17.4 Å². The number of aryl methyl sites for hydroxylation is 2. The Morgan fingerprint density at radius 1 is 1.14 bits per heavy atom. The van der Waals surface area contributed by atoms with Gasteiger partial charge in [-0.05, 0) is 68.5 Å². The Bertz CT molecular complexity index is 1370. The zero-order valence-corrected chi connectivity index (χ0v) is 22.4. The summed E-state index contributed by atoms with van der Waals surface area (Å²) in [5, 5.41) is 5.61. The number of rotatable bonds is 8. The topological polar surface area (TPSA) is 42.7 Å². The highest BCUT2D eigenvalue weighted by molar-refractivity contribution is 6.33. The van der Waals surface area contributed by atoms with E-state index < -0.39 is 0 Å². The van der Waals surface area contributed by atoms with Gasteiger partial charge >= 0.3 is 0 Å². The second-order valence-corrected chi connectivity index (χ2v) is 9.56. The minimum atomic E-state index is -0.218. The van der Waals surface area contributed by atoms with Crippen molar-refractivity contribution in [2.24, 2.45) is 0 Å². The molecule has 0 saturated carbocycles. The molecule has 0 saturated heterocycles. The Hall–Kier alpha value is -2.83. The fourth-order valence-electron chi connectivity index (χ4n) is 5.00. The van der Waals surface area contributed by atoms with Gasteiger partial charge in [-0.2, -0.15) is 9.61 Å². The van der Waals surface area contributed by atoms with Crippen molar-refractivity contribution in [2.75, 3.05) is 18.6 Å². The Balaban J connectivity index is 0.00000304. The molecule has 2 heterocycles. The van der Waals surface area contributed by atoms with Crippen LogP contribution < -0.4 is 9.64 Å². The Kier molecular flexibility index (Phi) is 8.06. The predicted molar refractivity (Wildman–Crippen MR) is 146 cm³/mol. The van der Waals surface area contributed by atoms with E-state index in [1.807, 2.05) is 41.8 Å². The number of halogens is 3. The lowest BCUT2D eigenvalue weighted by Gasteiger charge is -2.27. The van der Waals surface area contributed by atoms with Crippen molar-refractivity contribution in [3.63, 3.8) is 0 Å². The minimum Gasteiger partial charge on any atom is -0.497 e. The number of hydrogen-bond acceptors (Lipinski definition) is 4. The average molecular weight is 529 g/mol. The molecule has 0 amide bonds. The van der Waals surface area contributed by atoms with Crippen molar-refractivity contribution < 1.29 is 9.13 Å². The fourth-order valence-corrected chi connectivity index (χ4v) is 5.26. The zero-order chi connectivity index (χ0) is 24.5. The van der Waals surface area contributed by atoms with Crippen molar-refractivity contribution in [1.29, 1.82) is 0 Å².